The predicted octanol–water partition coefficient (Wildman–Crippen LogP) is 28.5. The maximum absolute atomic E-state index is 12.2. The van der Waals surface area contributed by atoms with E-state index in [1.54, 1.807) is 226 Å². The summed E-state index contributed by atoms with van der Waals surface area (Å²) < 4.78 is 68.0. The highest BCUT2D eigenvalue weighted by molar-refractivity contribution is 5.94. The number of nitriles is 2. The second kappa shape index (κ2) is 61.2. The van der Waals surface area contributed by atoms with Crippen LogP contribution in [0.25, 0.3) is 44.5 Å². The zero-order valence-electron chi connectivity index (χ0n) is 81.0. The Bertz CT molecular complexity index is 5860. The molecule has 14 aromatic carbocycles. The van der Waals surface area contributed by atoms with Crippen molar-refractivity contribution in [1.29, 1.82) is 10.5 Å². The number of carbonyl (C=O) groups excluding carboxylic acids is 5. The molecule has 0 saturated carbocycles. The monoisotopic (exact) mass is 1840 g/mol. The van der Waals surface area contributed by atoms with Crippen molar-refractivity contribution in [3.05, 3.63) is 373 Å². The third-order valence-corrected chi connectivity index (χ3v) is 18.5. The van der Waals surface area contributed by atoms with Crippen molar-refractivity contribution in [2.75, 3.05) is 56.4 Å². The van der Waals surface area contributed by atoms with Gasteiger partial charge in [0.1, 0.15) is 74.7 Å². The van der Waals surface area contributed by atoms with Gasteiger partial charge < -0.3 is 61.6 Å². The van der Waals surface area contributed by atoms with Gasteiger partial charge in [-0.1, -0.05) is 196 Å². The highest BCUT2D eigenvalue weighted by Gasteiger charge is 2.18. The third-order valence-electron chi connectivity index (χ3n) is 18.5. The first-order chi connectivity index (χ1) is 66.4. The number of esters is 5. The molecule has 0 heterocycles. The molecule has 0 radical (unpaired) electrons. The van der Waals surface area contributed by atoms with E-state index < -0.39 is 30.0 Å². The molecule has 0 aliphatic carbocycles. The number of rotatable bonds is 25. The third kappa shape index (κ3) is 37.9. The Balaban J connectivity index is 0.000000255. The minimum absolute atomic E-state index is 0.354. The average Bonchev–Trinajstić information content (AvgIpc) is 0.860. The topological polar surface area (TPSA) is 278 Å². The van der Waals surface area contributed by atoms with Gasteiger partial charge in [0.15, 0.2) is 6.10 Å². The van der Waals surface area contributed by atoms with Crippen molar-refractivity contribution in [2.24, 2.45) is 10.2 Å². The maximum Gasteiger partial charge on any atom is 0.346 e. The highest BCUT2D eigenvalue weighted by atomic mass is 16.6. The molecule has 1 unspecified atom stereocenters. The van der Waals surface area contributed by atoms with Crippen molar-refractivity contribution in [3.8, 4) is 126 Å². The lowest BCUT2D eigenvalue weighted by atomic mass is 10.0. The van der Waals surface area contributed by atoms with Crippen LogP contribution in [0, 0.1) is 29.6 Å². The van der Waals surface area contributed by atoms with Crippen LogP contribution < -0.4 is 56.8 Å². The lowest BCUT2D eigenvalue weighted by Crippen LogP contribution is -2.24. The molecular weight excluding hydrogens is 1730 g/mol. The van der Waals surface area contributed by atoms with Gasteiger partial charge in [0.2, 0.25) is 0 Å². The molecular formula is C115H120N4O18. The standard InChI is InChI=1S/2C21H15NO3.C21H18O4.C21H18O3.C19H22N2O5.4C3H8/c2*1-24-19-12-8-17(9-13-19)16-4-6-18(7-5-16)21(23)25-20-10-2-15(14-22)3-11-20;1-23-18-9-3-15(4-10-18)16-5-13-20(14-6-16)25-21(22)17-7-11-19(24-2)12-8-17;1-15-3-5-18(6-4-15)21(22)24-20-13-9-17(10-14-20)16-7-11-19(23-2)12-8-16;1-5-25-18-11-10-16(26-13(2)19(22)24-4)12-17(18)21-20-14-6-8-15(23-3)9-7-14;4*1-3-2/h2*2-13H,1H3;3-14H,1-2H3;3-14H,1-2H3;6-13H,5H2,1-4H3;4*3H2,1-2H3. The Morgan fingerprint density at radius 1 is 0.285 bits per heavy atom. The Hall–Kier alpha value is -16.6. The summed E-state index contributed by atoms with van der Waals surface area (Å²) in [4.78, 5) is 60.2. The Morgan fingerprint density at radius 2 is 0.504 bits per heavy atom. The van der Waals surface area contributed by atoms with Crippen molar-refractivity contribution in [3.63, 3.8) is 0 Å². The molecule has 0 aliphatic rings. The Kier molecular flexibility index (Phi) is 48.8. The second-order valence-electron chi connectivity index (χ2n) is 29.6. The fraction of sp³-hybridized carbons (Fsp3) is 0.209. The molecule has 0 amide bonds. The molecule has 0 N–H and O–H groups in total. The van der Waals surface area contributed by atoms with Crippen LogP contribution in [0.2, 0.25) is 0 Å². The van der Waals surface area contributed by atoms with E-state index in [0.29, 0.717) is 91.6 Å². The van der Waals surface area contributed by atoms with Gasteiger partial charge in [-0.15, -0.1) is 5.11 Å². The molecule has 0 aliphatic heterocycles. The van der Waals surface area contributed by atoms with Crippen LogP contribution in [0.1, 0.15) is 153 Å². The van der Waals surface area contributed by atoms with Crippen molar-refractivity contribution in [2.45, 2.75) is 108 Å². The average molecular weight is 1850 g/mol. The molecule has 22 heteroatoms. The SMILES string of the molecule is CCC.CCC.CCC.CCC.CCOc1ccc(OC(C)C(=O)OC)cc1N=Nc1ccc(OC)cc1.COc1ccc(-c2ccc(C(=O)Oc3ccc(C#N)cc3)cc2)cc1.COc1ccc(-c2ccc(C(=O)Oc3ccc(C#N)cc3)cc2)cc1.COc1ccc(-c2ccc(OC(=O)c3ccc(C)cc3)cc2)cc1.COc1ccc(C(=O)Oc2ccc(-c3ccc(OC)cc3)cc2)cc1. The largest absolute Gasteiger partial charge is 0.497 e. The number of aryl methyl sites for hydroxylation is 1. The first kappa shape index (κ1) is 109. The predicted molar refractivity (Wildman–Crippen MR) is 541 cm³/mol. The summed E-state index contributed by atoms with van der Waals surface area (Å²) in [5.74, 6) is 5.45. The van der Waals surface area contributed by atoms with Crippen LogP contribution in [0.3, 0.4) is 0 Å². The fourth-order valence-corrected chi connectivity index (χ4v) is 11.5. The van der Waals surface area contributed by atoms with Crippen LogP contribution in [-0.4, -0.2) is 92.3 Å². The van der Waals surface area contributed by atoms with Gasteiger partial charge in [0.25, 0.3) is 0 Å². The van der Waals surface area contributed by atoms with Gasteiger partial charge in [-0.2, -0.15) is 15.6 Å². The van der Waals surface area contributed by atoms with Crippen molar-refractivity contribution >= 4 is 41.2 Å². The molecule has 0 spiro atoms. The number of azo groups is 1. The van der Waals surface area contributed by atoms with Crippen LogP contribution in [0.5, 0.6) is 69.0 Å². The maximum atomic E-state index is 12.2. The van der Waals surface area contributed by atoms with Crippen LogP contribution in [0.4, 0.5) is 11.4 Å². The Labute approximate surface area is 805 Å². The van der Waals surface area contributed by atoms with E-state index in [9.17, 15) is 24.0 Å². The smallest absolute Gasteiger partial charge is 0.346 e. The first-order valence-electron chi connectivity index (χ1n) is 44.6. The van der Waals surface area contributed by atoms with Gasteiger partial charge >= 0.3 is 29.8 Å². The number of nitrogens with zero attached hydrogens (tertiary/aromatic N) is 4. The minimum atomic E-state index is -0.732. The summed E-state index contributed by atoms with van der Waals surface area (Å²) in [6.45, 7) is 23.0. The first-order valence-corrected chi connectivity index (χ1v) is 44.6. The summed E-state index contributed by atoms with van der Waals surface area (Å²) in [6.07, 6.45) is 4.27. The summed E-state index contributed by atoms with van der Waals surface area (Å²) in [6, 6.07) is 104. The van der Waals surface area contributed by atoms with Gasteiger partial charge in [-0.3, -0.25) is 0 Å². The number of hydrogen-bond donors (Lipinski definition) is 0. The van der Waals surface area contributed by atoms with Gasteiger partial charge in [-0.25, -0.2) is 24.0 Å². The molecule has 708 valence electrons. The minimum Gasteiger partial charge on any atom is -0.497 e. The number of benzene rings is 14. The Morgan fingerprint density at radius 3 is 0.752 bits per heavy atom. The quantitative estimate of drug-likeness (QED) is 0.0292. The molecule has 0 fully saturated rings. The van der Waals surface area contributed by atoms with Gasteiger partial charge in [-0.05, 0) is 284 Å². The number of carbonyl (C=O) groups is 5. The van der Waals surface area contributed by atoms with E-state index >= 15 is 0 Å². The second-order valence-corrected chi connectivity index (χ2v) is 29.6. The zero-order valence-corrected chi connectivity index (χ0v) is 81.0. The normalized spacial score (nSPS) is 10.0. The van der Waals surface area contributed by atoms with E-state index in [2.05, 4.69) is 70.4 Å². The summed E-state index contributed by atoms with van der Waals surface area (Å²) in [7, 11) is 11.0. The lowest BCUT2D eigenvalue weighted by molar-refractivity contribution is -0.147. The molecule has 14 aromatic rings. The van der Waals surface area contributed by atoms with Gasteiger partial charge in [0, 0.05) is 6.07 Å². The van der Waals surface area contributed by atoms with Crippen LogP contribution in [0.15, 0.2) is 344 Å². The highest BCUT2D eigenvalue weighted by Crippen LogP contribution is 2.36. The van der Waals surface area contributed by atoms with Crippen molar-refractivity contribution in [1.82, 2.24) is 0 Å². The van der Waals surface area contributed by atoms with Crippen molar-refractivity contribution < 1.29 is 85.6 Å². The number of methoxy groups -OCH3 is 7. The molecule has 1 atom stereocenters. The number of ether oxygens (including phenoxy) is 13. The van der Waals surface area contributed by atoms with E-state index in [0.717, 1.165) is 78.8 Å². The molecule has 14 rings (SSSR count). The lowest BCUT2D eigenvalue weighted by Gasteiger charge is -2.14. The van der Waals surface area contributed by atoms with Gasteiger partial charge in [0.05, 0.1) is 108 Å². The molecule has 0 bridgehead atoms. The zero-order chi connectivity index (χ0) is 99.7. The van der Waals surface area contributed by atoms with Crippen LogP contribution >= 0.6 is 0 Å². The van der Waals surface area contributed by atoms with E-state index in [4.69, 9.17) is 67.4 Å². The van der Waals surface area contributed by atoms with E-state index in [-0.39, 0.29) is 5.97 Å². The molecule has 0 saturated heterocycles. The molecule has 137 heavy (non-hydrogen) atoms. The summed E-state index contributed by atoms with van der Waals surface area (Å²) in [5.41, 5.74) is 13.5. The fourth-order valence-electron chi connectivity index (χ4n) is 11.5. The van der Waals surface area contributed by atoms with E-state index in [1.165, 1.54) is 32.8 Å². The van der Waals surface area contributed by atoms with Crippen LogP contribution in [-0.2, 0) is 9.53 Å². The molecule has 0 aromatic heterocycles. The van der Waals surface area contributed by atoms with E-state index in [1.807, 2.05) is 184 Å². The summed E-state index contributed by atoms with van der Waals surface area (Å²) >= 11 is 0. The number of hydrogen-bond acceptors (Lipinski definition) is 22. The summed E-state index contributed by atoms with van der Waals surface area (Å²) in [5, 5.41) is 26.0. The molecule has 22 nitrogen and oxygen atoms in total.